The maximum Gasteiger partial charge on any atom is 0.255 e. The van der Waals surface area contributed by atoms with Crippen molar-refractivity contribution < 1.29 is 18.7 Å². The van der Waals surface area contributed by atoms with Gasteiger partial charge in [-0.15, -0.1) is 11.3 Å². The number of amides is 1. The molecule has 1 aliphatic heterocycles. The quantitative estimate of drug-likeness (QED) is 0.424. The Kier molecular flexibility index (Phi) is 4.97. The number of fused-ring (bicyclic) bond motifs is 1. The largest absolute Gasteiger partial charge is 0.454 e. The molecule has 154 valence electrons. The molecule has 31 heavy (non-hydrogen) atoms. The summed E-state index contributed by atoms with van der Waals surface area (Å²) in [5.74, 6) is 0.690. The zero-order chi connectivity index (χ0) is 21.2. The number of nitrogens with zero attached hydrogens (tertiary/aromatic N) is 1. The van der Waals surface area contributed by atoms with Gasteiger partial charge in [-0.1, -0.05) is 12.1 Å². The Morgan fingerprint density at radius 1 is 0.935 bits per heavy atom. The Bertz CT molecular complexity index is 1240. The third-order valence-corrected chi connectivity index (χ3v) is 5.43. The number of benzene rings is 3. The molecular weight excluding hydrogens is 417 g/mol. The molecule has 0 saturated heterocycles. The van der Waals surface area contributed by atoms with E-state index >= 15 is 0 Å². The number of hydrogen-bond acceptors (Lipinski definition) is 6. The van der Waals surface area contributed by atoms with E-state index in [1.165, 1.54) is 23.5 Å². The summed E-state index contributed by atoms with van der Waals surface area (Å²) in [6.07, 6.45) is 0. The highest BCUT2D eigenvalue weighted by Crippen LogP contribution is 2.33. The van der Waals surface area contributed by atoms with Crippen molar-refractivity contribution >= 4 is 33.8 Å². The van der Waals surface area contributed by atoms with Crippen LogP contribution < -0.4 is 20.1 Å². The summed E-state index contributed by atoms with van der Waals surface area (Å²) in [5.41, 5.74) is 3.66. The maximum atomic E-state index is 13.0. The molecule has 4 aromatic rings. The van der Waals surface area contributed by atoms with E-state index in [-0.39, 0.29) is 18.5 Å². The minimum atomic E-state index is -0.281. The molecule has 1 amide bonds. The van der Waals surface area contributed by atoms with Crippen molar-refractivity contribution in [2.45, 2.75) is 0 Å². The molecule has 2 N–H and O–H groups in total. The lowest BCUT2D eigenvalue weighted by molar-refractivity contribution is 0.102. The van der Waals surface area contributed by atoms with Crippen LogP contribution in [-0.4, -0.2) is 17.7 Å². The highest BCUT2D eigenvalue weighted by Gasteiger charge is 2.16. The molecule has 0 aliphatic carbocycles. The van der Waals surface area contributed by atoms with Gasteiger partial charge in [0.1, 0.15) is 5.82 Å². The Labute approximate surface area is 181 Å². The van der Waals surface area contributed by atoms with Gasteiger partial charge >= 0.3 is 0 Å². The fourth-order valence-corrected chi connectivity index (χ4v) is 3.83. The van der Waals surface area contributed by atoms with Gasteiger partial charge in [0.15, 0.2) is 16.6 Å². The van der Waals surface area contributed by atoms with Gasteiger partial charge in [0.25, 0.3) is 5.91 Å². The van der Waals surface area contributed by atoms with Gasteiger partial charge in [-0.05, 0) is 54.6 Å². The van der Waals surface area contributed by atoms with E-state index in [0.717, 1.165) is 16.9 Å². The Morgan fingerprint density at radius 2 is 1.68 bits per heavy atom. The summed E-state index contributed by atoms with van der Waals surface area (Å²) in [6.45, 7) is 0.166. The fraction of sp³-hybridized carbons (Fsp3) is 0.0435. The lowest BCUT2D eigenvalue weighted by atomic mass is 10.1. The number of halogens is 1. The molecule has 1 aliphatic rings. The number of hydrogen-bond donors (Lipinski definition) is 2. The zero-order valence-electron chi connectivity index (χ0n) is 16.1. The number of thiazole rings is 1. The van der Waals surface area contributed by atoms with Crippen molar-refractivity contribution in [2.24, 2.45) is 0 Å². The Hall–Kier alpha value is -3.91. The second kappa shape index (κ2) is 8.08. The van der Waals surface area contributed by atoms with Crippen LogP contribution in [0.25, 0.3) is 11.3 Å². The van der Waals surface area contributed by atoms with Crippen molar-refractivity contribution in [1.29, 1.82) is 0 Å². The van der Waals surface area contributed by atoms with Crippen LogP contribution >= 0.6 is 11.3 Å². The molecule has 0 unspecified atom stereocenters. The minimum absolute atomic E-state index is 0.166. The molecule has 0 saturated carbocycles. The highest BCUT2D eigenvalue weighted by atomic mass is 32.1. The normalized spacial score (nSPS) is 11.9. The van der Waals surface area contributed by atoms with Crippen LogP contribution in [0.2, 0.25) is 0 Å². The van der Waals surface area contributed by atoms with Crippen LogP contribution in [-0.2, 0) is 0 Å². The first-order valence-corrected chi connectivity index (χ1v) is 10.3. The summed E-state index contributed by atoms with van der Waals surface area (Å²) < 4.78 is 23.6. The van der Waals surface area contributed by atoms with E-state index in [1.807, 2.05) is 29.6 Å². The van der Waals surface area contributed by atoms with Crippen LogP contribution in [0.4, 0.5) is 20.9 Å². The third kappa shape index (κ3) is 4.19. The van der Waals surface area contributed by atoms with Gasteiger partial charge in [-0.3, -0.25) is 4.79 Å². The predicted molar refractivity (Wildman–Crippen MR) is 118 cm³/mol. The smallest absolute Gasteiger partial charge is 0.255 e. The van der Waals surface area contributed by atoms with Gasteiger partial charge in [0, 0.05) is 27.9 Å². The van der Waals surface area contributed by atoms with E-state index in [1.54, 1.807) is 30.3 Å². The molecule has 1 aromatic heterocycles. The molecule has 8 heteroatoms. The van der Waals surface area contributed by atoms with Gasteiger partial charge in [-0.2, -0.15) is 0 Å². The lowest BCUT2D eigenvalue weighted by Crippen LogP contribution is -2.11. The molecule has 0 atom stereocenters. The molecule has 3 aromatic carbocycles. The van der Waals surface area contributed by atoms with E-state index in [2.05, 4.69) is 15.6 Å². The fourth-order valence-electron chi connectivity index (χ4n) is 3.09. The van der Waals surface area contributed by atoms with E-state index < -0.39 is 0 Å². The lowest BCUT2D eigenvalue weighted by Gasteiger charge is -2.07. The number of aromatic nitrogens is 1. The number of carbonyl (C=O) groups is 1. The molecule has 6 nitrogen and oxygen atoms in total. The van der Waals surface area contributed by atoms with Gasteiger partial charge in [0.05, 0.1) is 5.69 Å². The van der Waals surface area contributed by atoms with Gasteiger partial charge in [0.2, 0.25) is 6.79 Å². The van der Waals surface area contributed by atoms with Crippen molar-refractivity contribution in [2.75, 3.05) is 17.4 Å². The number of ether oxygens (including phenoxy) is 2. The van der Waals surface area contributed by atoms with Crippen molar-refractivity contribution in [3.8, 4) is 22.8 Å². The first-order valence-electron chi connectivity index (χ1n) is 9.44. The van der Waals surface area contributed by atoms with Crippen LogP contribution in [0.5, 0.6) is 11.5 Å². The second-order valence-corrected chi connectivity index (χ2v) is 7.63. The molecule has 0 radical (unpaired) electrons. The number of nitrogens with one attached hydrogen (secondary N) is 2. The predicted octanol–water partition coefficient (Wildman–Crippen LogP) is 5.67. The monoisotopic (exact) mass is 433 g/mol. The molecule has 0 spiro atoms. The van der Waals surface area contributed by atoms with Gasteiger partial charge in [-0.25, -0.2) is 9.37 Å². The average Bonchev–Trinajstić information content (AvgIpc) is 3.45. The average molecular weight is 433 g/mol. The van der Waals surface area contributed by atoms with Crippen LogP contribution in [0.3, 0.4) is 0 Å². The summed E-state index contributed by atoms with van der Waals surface area (Å²) in [7, 11) is 0. The summed E-state index contributed by atoms with van der Waals surface area (Å²) in [4.78, 5) is 17.1. The summed E-state index contributed by atoms with van der Waals surface area (Å²) in [5, 5.41) is 8.68. The molecule has 0 fully saturated rings. The van der Waals surface area contributed by atoms with Gasteiger partial charge < -0.3 is 20.1 Å². The Balaban J connectivity index is 1.25. The second-order valence-electron chi connectivity index (χ2n) is 6.77. The highest BCUT2D eigenvalue weighted by molar-refractivity contribution is 7.14. The summed E-state index contributed by atoms with van der Waals surface area (Å²) >= 11 is 1.46. The van der Waals surface area contributed by atoms with Crippen molar-refractivity contribution in [3.63, 3.8) is 0 Å². The van der Waals surface area contributed by atoms with Crippen LogP contribution in [0.1, 0.15) is 10.4 Å². The standard InChI is InChI=1S/C23H16FN3O3S/c24-16-4-8-18(9-5-16)26-23-27-19(12-31-23)14-1-6-17(7-2-14)25-22(28)15-3-10-20-21(11-15)30-13-29-20/h1-12H,13H2,(H,25,28)(H,26,27). The first kappa shape index (κ1) is 19.1. The van der Waals surface area contributed by atoms with E-state index in [0.29, 0.717) is 27.9 Å². The molecular formula is C23H16FN3O3S. The third-order valence-electron chi connectivity index (χ3n) is 4.67. The number of rotatable bonds is 5. The maximum absolute atomic E-state index is 13.0. The SMILES string of the molecule is O=C(Nc1ccc(-c2csc(Nc3ccc(F)cc3)n2)cc1)c1ccc2c(c1)OCO2. The molecule has 5 rings (SSSR count). The molecule has 0 bridgehead atoms. The first-order chi connectivity index (χ1) is 15.1. The minimum Gasteiger partial charge on any atom is -0.454 e. The van der Waals surface area contributed by atoms with Crippen molar-refractivity contribution in [1.82, 2.24) is 4.98 Å². The molecule has 2 heterocycles. The Morgan fingerprint density at radius 3 is 2.48 bits per heavy atom. The van der Waals surface area contributed by atoms with E-state index in [4.69, 9.17) is 9.47 Å². The summed E-state index contributed by atoms with van der Waals surface area (Å²) in [6, 6.07) is 18.6. The zero-order valence-corrected chi connectivity index (χ0v) is 16.9. The van der Waals surface area contributed by atoms with Crippen LogP contribution in [0.15, 0.2) is 72.1 Å². The van der Waals surface area contributed by atoms with Crippen molar-refractivity contribution in [3.05, 3.63) is 83.5 Å². The number of carbonyl (C=O) groups excluding carboxylic acids is 1. The topological polar surface area (TPSA) is 72.5 Å². The van der Waals surface area contributed by atoms with Crippen LogP contribution in [0, 0.1) is 5.82 Å². The van der Waals surface area contributed by atoms with E-state index in [9.17, 15) is 9.18 Å². The number of anilines is 3.